The van der Waals surface area contributed by atoms with Gasteiger partial charge in [-0.15, -0.1) is 0 Å². The molecule has 0 aliphatic heterocycles. The van der Waals surface area contributed by atoms with Crippen molar-refractivity contribution in [1.82, 2.24) is 13.9 Å². The maximum absolute atomic E-state index is 12.9. The molecule has 0 bridgehead atoms. The number of hydrogen-bond donors (Lipinski definition) is 1. The molecule has 0 atom stereocenters. The Balaban J connectivity index is 2.25. The van der Waals surface area contributed by atoms with Crippen molar-refractivity contribution in [3.8, 4) is 5.88 Å². The maximum atomic E-state index is 12.9. The number of nitrogens with zero attached hydrogens (tertiary/aromatic N) is 3. The van der Waals surface area contributed by atoms with Crippen molar-refractivity contribution in [1.29, 1.82) is 0 Å². The minimum atomic E-state index is -3.93. The van der Waals surface area contributed by atoms with Crippen molar-refractivity contribution in [2.24, 2.45) is 0 Å². The second-order valence-electron chi connectivity index (χ2n) is 5.56. The normalized spacial score (nSPS) is 12.3. The Morgan fingerprint density at radius 2 is 1.69 bits per heavy atom. The molecule has 9 nitrogen and oxygen atoms in total. The summed E-state index contributed by atoms with van der Waals surface area (Å²) in [5.74, 6) is -0.227. The summed E-state index contributed by atoms with van der Waals surface area (Å²) in [6.45, 7) is 1.85. The van der Waals surface area contributed by atoms with Gasteiger partial charge >= 0.3 is 10.1 Å². The van der Waals surface area contributed by atoms with Crippen LogP contribution in [0.25, 0.3) is 11.0 Å². The first-order valence-electron chi connectivity index (χ1n) is 7.40. The summed E-state index contributed by atoms with van der Waals surface area (Å²) in [5.41, 5.74) is 0.925. The van der Waals surface area contributed by atoms with E-state index < -0.39 is 20.1 Å². The number of aryl methyl sites for hydroxylation is 1. The number of benzene rings is 1. The second kappa shape index (κ2) is 6.25. The molecule has 0 aliphatic rings. The molecular weight excluding hydrogens is 380 g/mol. The monoisotopic (exact) mass is 396 g/mol. The molecular formula is C15H16N4O5S2. The van der Waals surface area contributed by atoms with Gasteiger partial charge in [-0.25, -0.2) is 12.4 Å². The maximum Gasteiger partial charge on any atom is 0.307 e. The standard InChI is InChI=1S/C15H16N4O5S2/c1-10-4-6-11(7-5-10)26(22,23)19-9-8-12-13(19)17-15(16-2)18-14(12)24-25(3,20)21/h4-9H,1-3H3,(H,16,17,18). The molecule has 0 fully saturated rings. The highest BCUT2D eigenvalue weighted by Crippen LogP contribution is 2.28. The minimum Gasteiger partial charge on any atom is -0.361 e. The third kappa shape index (κ3) is 3.35. The van der Waals surface area contributed by atoms with Gasteiger partial charge in [-0.2, -0.15) is 18.4 Å². The topological polar surface area (TPSA) is 120 Å². The Bertz CT molecular complexity index is 1180. The molecule has 3 rings (SSSR count). The van der Waals surface area contributed by atoms with Gasteiger partial charge in [0.25, 0.3) is 10.0 Å². The number of hydrogen-bond acceptors (Lipinski definition) is 8. The largest absolute Gasteiger partial charge is 0.361 e. The summed E-state index contributed by atoms with van der Waals surface area (Å²) in [7, 11) is -6.26. The highest BCUT2D eigenvalue weighted by atomic mass is 32.2. The molecule has 3 aromatic rings. The van der Waals surface area contributed by atoms with E-state index in [4.69, 9.17) is 4.18 Å². The van der Waals surface area contributed by atoms with E-state index in [0.717, 1.165) is 15.8 Å². The summed E-state index contributed by atoms with van der Waals surface area (Å²) >= 11 is 0. The fourth-order valence-corrected chi connectivity index (χ4v) is 4.01. The molecule has 1 N–H and O–H groups in total. The van der Waals surface area contributed by atoms with E-state index in [0.29, 0.717) is 0 Å². The molecule has 0 amide bonds. The van der Waals surface area contributed by atoms with Crippen molar-refractivity contribution >= 4 is 37.1 Å². The summed E-state index contributed by atoms with van der Waals surface area (Å²) in [6, 6.07) is 7.74. The van der Waals surface area contributed by atoms with Gasteiger partial charge in [-0.1, -0.05) is 17.7 Å². The van der Waals surface area contributed by atoms with E-state index in [9.17, 15) is 16.8 Å². The quantitative estimate of drug-likeness (QED) is 0.642. The van der Waals surface area contributed by atoms with Crippen LogP contribution in [0.15, 0.2) is 41.4 Å². The Morgan fingerprint density at radius 3 is 2.27 bits per heavy atom. The Kier molecular flexibility index (Phi) is 4.36. The van der Waals surface area contributed by atoms with E-state index in [1.54, 1.807) is 12.1 Å². The first-order valence-corrected chi connectivity index (χ1v) is 10.7. The third-order valence-electron chi connectivity index (χ3n) is 3.51. The molecule has 0 saturated heterocycles. The van der Waals surface area contributed by atoms with Crippen molar-refractivity contribution in [3.63, 3.8) is 0 Å². The van der Waals surface area contributed by atoms with Crippen molar-refractivity contribution in [2.75, 3.05) is 18.6 Å². The van der Waals surface area contributed by atoms with Gasteiger partial charge in [0.2, 0.25) is 11.8 Å². The van der Waals surface area contributed by atoms with Gasteiger partial charge in [-0.3, -0.25) is 0 Å². The zero-order chi connectivity index (χ0) is 19.1. The molecule has 2 aromatic heterocycles. The summed E-state index contributed by atoms with van der Waals surface area (Å²) in [6.07, 6.45) is 2.16. The minimum absolute atomic E-state index is 0.00331. The van der Waals surface area contributed by atoms with Gasteiger partial charge in [-0.05, 0) is 25.1 Å². The molecule has 1 aromatic carbocycles. The molecule has 2 heterocycles. The van der Waals surface area contributed by atoms with Gasteiger partial charge < -0.3 is 9.50 Å². The lowest BCUT2D eigenvalue weighted by Gasteiger charge is -2.09. The molecule has 0 saturated carbocycles. The molecule has 11 heteroatoms. The van der Waals surface area contributed by atoms with E-state index >= 15 is 0 Å². The first kappa shape index (κ1) is 18.1. The zero-order valence-electron chi connectivity index (χ0n) is 14.2. The van der Waals surface area contributed by atoms with Crippen molar-refractivity contribution in [2.45, 2.75) is 11.8 Å². The van der Waals surface area contributed by atoms with Crippen LogP contribution < -0.4 is 9.50 Å². The average molecular weight is 396 g/mol. The van der Waals surface area contributed by atoms with Crippen LogP contribution in [0.5, 0.6) is 5.88 Å². The Morgan fingerprint density at radius 1 is 1.04 bits per heavy atom. The predicted octanol–water partition coefficient (Wildman–Crippen LogP) is 1.36. The second-order valence-corrected chi connectivity index (χ2v) is 8.95. The van der Waals surface area contributed by atoms with Crippen LogP contribution in [0.1, 0.15) is 5.56 Å². The lowest BCUT2D eigenvalue weighted by molar-refractivity contribution is 0.486. The van der Waals surface area contributed by atoms with Crippen LogP contribution in [0.4, 0.5) is 5.95 Å². The number of nitrogens with one attached hydrogen (secondary N) is 1. The fraction of sp³-hybridized carbons (Fsp3) is 0.200. The predicted molar refractivity (Wildman–Crippen MR) is 96.3 cm³/mol. The molecule has 0 radical (unpaired) electrons. The highest BCUT2D eigenvalue weighted by molar-refractivity contribution is 7.90. The van der Waals surface area contributed by atoms with Crippen LogP contribution in [-0.2, 0) is 20.1 Å². The van der Waals surface area contributed by atoms with Crippen LogP contribution in [0.2, 0.25) is 0 Å². The lowest BCUT2D eigenvalue weighted by Crippen LogP contribution is -2.14. The number of rotatable bonds is 5. The number of fused-ring (bicyclic) bond motifs is 1. The Labute approximate surface area is 150 Å². The summed E-state index contributed by atoms with van der Waals surface area (Å²) < 4.78 is 54.7. The zero-order valence-corrected chi connectivity index (χ0v) is 15.8. The molecule has 138 valence electrons. The van der Waals surface area contributed by atoms with Gasteiger partial charge in [0, 0.05) is 13.2 Å². The SMILES string of the molecule is CNc1nc(OS(C)(=O)=O)c2ccn(S(=O)(=O)c3ccc(C)cc3)c2n1. The van der Waals surface area contributed by atoms with Crippen molar-refractivity contribution < 1.29 is 21.0 Å². The molecule has 26 heavy (non-hydrogen) atoms. The smallest absolute Gasteiger partial charge is 0.307 e. The van der Waals surface area contributed by atoms with Crippen LogP contribution >= 0.6 is 0 Å². The van der Waals surface area contributed by atoms with E-state index in [1.807, 2.05) is 6.92 Å². The van der Waals surface area contributed by atoms with E-state index in [-0.39, 0.29) is 27.8 Å². The molecule has 0 spiro atoms. The summed E-state index contributed by atoms with van der Waals surface area (Å²) in [4.78, 5) is 8.17. The summed E-state index contributed by atoms with van der Waals surface area (Å²) in [5, 5.41) is 2.81. The van der Waals surface area contributed by atoms with Gasteiger partial charge in [0.1, 0.15) is 0 Å². The molecule has 0 aliphatic carbocycles. The average Bonchev–Trinajstić information content (AvgIpc) is 2.98. The fourth-order valence-electron chi connectivity index (χ4n) is 2.30. The first-order chi connectivity index (χ1) is 12.1. The number of anilines is 1. The highest BCUT2D eigenvalue weighted by Gasteiger charge is 2.23. The third-order valence-corrected chi connectivity index (χ3v) is 5.65. The van der Waals surface area contributed by atoms with Crippen LogP contribution in [0, 0.1) is 6.92 Å². The van der Waals surface area contributed by atoms with Crippen LogP contribution in [-0.4, -0.2) is 44.1 Å². The number of aromatic nitrogens is 3. The van der Waals surface area contributed by atoms with Gasteiger partial charge in [0.15, 0.2) is 5.65 Å². The van der Waals surface area contributed by atoms with Crippen LogP contribution in [0.3, 0.4) is 0 Å². The lowest BCUT2D eigenvalue weighted by atomic mass is 10.2. The van der Waals surface area contributed by atoms with E-state index in [2.05, 4.69) is 15.3 Å². The van der Waals surface area contributed by atoms with Gasteiger partial charge in [0.05, 0.1) is 16.5 Å². The van der Waals surface area contributed by atoms with Crippen molar-refractivity contribution in [3.05, 3.63) is 42.1 Å². The molecule has 0 unspecified atom stereocenters. The Hall–Kier alpha value is -2.66. The van der Waals surface area contributed by atoms with E-state index in [1.165, 1.54) is 31.4 Å².